The van der Waals surface area contributed by atoms with Gasteiger partial charge in [-0.1, -0.05) is 13.3 Å². The van der Waals surface area contributed by atoms with Crippen molar-refractivity contribution in [3.8, 4) is 11.5 Å². The van der Waals surface area contributed by atoms with Crippen molar-refractivity contribution >= 4 is 11.7 Å². The maximum Gasteiger partial charge on any atom is 0.241 e. The zero-order valence-electron chi connectivity index (χ0n) is 14.3. The standard InChI is InChI=1S/C19H24N4O2/c1-2-3-4-17(24-15-9-5-13(6-10-15)18(20)21)25-16-11-7-14(8-12-16)19(22)23/h5-12,17H,2-4H2,1H3,(H3,20,21)(H3,22,23). The number of benzene rings is 2. The fraction of sp³-hybridized carbons (Fsp3) is 0.263. The van der Waals surface area contributed by atoms with E-state index in [9.17, 15) is 0 Å². The Balaban J connectivity index is 2.06. The first-order valence-corrected chi connectivity index (χ1v) is 8.22. The Kier molecular flexibility index (Phi) is 6.39. The molecule has 6 heteroatoms. The van der Waals surface area contributed by atoms with Crippen molar-refractivity contribution < 1.29 is 9.47 Å². The monoisotopic (exact) mass is 340 g/mol. The number of unbranched alkanes of at least 4 members (excludes halogenated alkanes) is 1. The number of hydrogen-bond donors (Lipinski definition) is 4. The molecular formula is C19H24N4O2. The van der Waals surface area contributed by atoms with Crippen molar-refractivity contribution in [3.05, 3.63) is 59.7 Å². The van der Waals surface area contributed by atoms with Gasteiger partial charge in [0.2, 0.25) is 6.29 Å². The summed E-state index contributed by atoms with van der Waals surface area (Å²) < 4.78 is 11.9. The maximum atomic E-state index is 7.42. The summed E-state index contributed by atoms with van der Waals surface area (Å²) in [6, 6.07) is 14.1. The molecule has 0 aliphatic carbocycles. The molecule has 0 atom stereocenters. The lowest BCUT2D eigenvalue weighted by Gasteiger charge is -2.21. The zero-order valence-corrected chi connectivity index (χ0v) is 14.3. The molecule has 6 nitrogen and oxygen atoms in total. The maximum absolute atomic E-state index is 7.42. The molecule has 0 aromatic heterocycles. The van der Waals surface area contributed by atoms with Crippen molar-refractivity contribution in [1.29, 1.82) is 10.8 Å². The Morgan fingerprint density at radius 1 is 0.840 bits per heavy atom. The van der Waals surface area contributed by atoms with Gasteiger partial charge in [-0.2, -0.15) is 0 Å². The molecule has 0 unspecified atom stereocenters. The zero-order chi connectivity index (χ0) is 18.2. The molecule has 0 aliphatic rings. The normalized spacial score (nSPS) is 11.6. The first-order valence-electron chi connectivity index (χ1n) is 8.22. The molecule has 0 radical (unpaired) electrons. The van der Waals surface area contributed by atoms with E-state index < -0.39 is 6.29 Å². The van der Waals surface area contributed by atoms with Gasteiger partial charge < -0.3 is 20.9 Å². The van der Waals surface area contributed by atoms with Crippen molar-refractivity contribution in [2.24, 2.45) is 11.5 Å². The topological polar surface area (TPSA) is 118 Å². The number of nitrogens with two attached hydrogens (primary N) is 2. The molecule has 0 heterocycles. The predicted molar refractivity (Wildman–Crippen MR) is 99.5 cm³/mol. The summed E-state index contributed by atoms with van der Waals surface area (Å²) in [5.74, 6) is 1.37. The predicted octanol–water partition coefficient (Wildman–Crippen LogP) is 3.23. The van der Waals surface area contributed by atoms with Crippen LogP contribution in [-0.4, -0.2) is 18.0 Å². The Bertz CT molecular complexity index is 652. The second kappa shape index (κ2) is 8.73. The Morgan fingerprint density at radius 2 is 1.24 bits per heavy atom. The molecule has 6 N–H and O–H groups in total. The van der Waals surface area contributed by atoms with Gasteiger partial charge in [0.15, 0.2) is 0 Å². The molecule has 0 fully saturated rings. The molecule has 2 rings (SSSR count). The minimum Gasteiger partial charge on any atom is -0.455 e. The summed E-state index contributed by atoms with van der Waals surface area (Å²) in [7, 11) is 0. The highest BCUT2D eigenvalue weighted by Gasteiger charge is 2.13. The smallest absolute Gasteiger partial charge is 0.241 e. The van der Waals surface area contributed by atoms with Gasteiger partial charge in [-0.3, -0.25) is 10.8 Å². The van der Waals surface area contributed by atoms with E-state index in [-0.39, 0.29) is 11.7 Å². The number of hydrogen-bond acceptors (Lipinski definition) is 4. The van der Waals surface area contributed by atoms with Crippen molar-refractivity contribution in [2.45, 2.75) is 32.5 Å². The molecule has 25 heavy (non-hydrogen) atoms. The lowest BCUT2D eigenvalue weighted by atomic mass is 10.2. The number of rotatable bonds is 9. The van der Waals surface area contributed by atoms with Gasteiger partial charge in [0.1, 0.15) is 23.2 Å². The highest BCUT2D eigenvalue weighted by molar-refractivity contribution is 5.95. The van der Waals surface area contributed by atoms with Crippen LogP contribution < -0.4 is 20.9 Å². The fourth-order valence-corrected chi connectivity index (χ4v) is 2.24. The summed E-state index contributed by atoms with van der Waals surface area (Å²) in [5.41, 5.74) is 12.2. The third-order valence-corrected chi connectivity index (χ3v) is 3.66. The molecule has 0 saturated carbocycles. The fourth-order valence-electron chi connectivity index (χ4n) is 2.24. The van der Waals surface area contributed by atoms with Crippen LogP contribution in [-0.2, 0) is 0 Å². The van der Waals surface area contributed by atoms with Gasteiger partial charge in [-0.25, -0.2) is 0 Å². The molecule has 0 amide bonds. The van der Waals surface area contributed by atoms with Gasteiger partial charge in [-0.15, -0.1) is 0 Å². The third kappa shape index (κ3) is 5.53. The number of amidine groups is 2. The van der Waals surface area contributed by atoms with Gasteiger partial charge in [0, 0.05) is 17.5 Å². The van der Waals surface area contributed by atoms with E-state index in [4.69, 9.17) is 31.8 Å². The van der Waals surface area contributed by atoms with Gasteiger partial charge >= 0.3 is 0 Å². The molecule has 2 aromatic carbocycles. The summed E-state index contributed by atoms with van der Waals surface area (Å²) in [4.78, 5) is 0. The molecule has 0 saturated heterocycles. The average molecular weight is 340 g/mol. The molecule has 0 bridgehead atoms. The Morgan fingerprint density at radius 3 is 1.56 bits per heavy atom. The average Bonchev–Trinajstić information content (AvgIpc) is 2.60. The van der Waals surface area contributed by atoms with E-state index in [2.05, 4.69) is 6.92 Å². The van der Waals surface area contributed by atoms with Crippen LogP contribution in [0.2, 0.25) is 0 Å². The van der Waals surface area contributed by atoms with Gasteiger partial charge in [0.05, 0.1) is 0 Å². The van der Waals surface area contributed by atoms with Crippen LogP contribution in [0, 0.1) is 10.8 Å². The van der Waals surface area contributed by atoms with Crippen LogP contribution in [0.5, 0.6) is 11.5 Å². The first-order chi connectivity index (χ1) is 12.0. The number of nitrogen functional groups attached to an aromatic ring is 2. The second-order valence-electron chi connectivity index (χ2n) is 5.68. The number of ether oxygens (including phenoxy) is 2. The lowest BCUT2D eigenvalue weighted by Crippen LogP contribution is -2.24. The van der Waals surface area contributed by atoms with Crippen LogP contribution in [0.3, 0.4) is 0 Å². The summed E-state index contributed by atoms with van der Waals surface area (Å²) in [5, 5.41) is 14.8. The minimum absolute atomic E-state index is 0.0240. The molecule has 0 aliphatic heterocycles. The van der Waals surface area contributed by atoms with Gasteiger partial charge in [-0.05, 0) is 55.0 Å². The van der Waals surface area contributed by atoms with E-state index in [1.807, 2.05) is 0 Å². The van der Waals surface area contributed by atoms with E-state index in [0.717, 1.165) is 19.3 Å². The van der Waals surface area contributed by atoms with E-state index in [0.29, 0.717) is 22.6 Å². The van der Waals surface area contributed by atoms with Crippen LogP contribution >= 0.6 is 0 Å². The largest absolute Gasteiger partial charge is 0.455 e. The van der Waals surface area contributed by atoms with Crippen molar-refractivity contribution in [2.75, 3.05) is 0 Å². The van der Waals surface area contributed by atoms with Crippen LogP contribution in [0.25, 0.3) is 0 Å². The van der Waals surface area contributed by atoms with Gasteiger partial charge in [0.25, 0.3) is 0 Å². The molecule has 0 spiro atoms. The quantitative estimate of drug-likeness (QED) is 0.318. The van der Waals surface area contributed by atoms with E-state index in [1.54, 1.807) is 48.5 Å². The van der Waals surface area contributed by atoms with Crippen LogP contribution in [0.15, 0.2) is 48.5 Å². The second-order valence-corrected chi connectivity index (χ2v) is 5.68. The minimum atomic E-state index is -0.425. The van der Waals surface area contributed by atoms with E-state index in [1.165, 1.54) is 0 Å². The molecule has 132 valence electrons. The molecule has 2 aromatic rings. The van der Waals surface area contributed by atoms with Crippen LogP contribution in [0.1, 0.15) is 37.3 Å². The highest BCUT2D eigenvalue weighted by Crippen LogP contribution is 2.20. The Hall–Kier alpha value is -3.02. The number of nitrogens with one attached hydrogen (secondary N) is 2. The third-order valence-electron chi connectivity index (χ3n) is 3.66. The highest BCUT2D eigenvalue weighted by atomic mass is 16.7. The van der Waals surface area contributed by atoms with Crippen molar-refractivity contribution in [1.82, 2.24) is 0 Å². The summed E-state index contributed by atoms with van der Waals surface area (Å²) >= 11 is 0. The van der Waals surface area contributed by atoms with Crippen LogP contribution in [0.4, 0.5) is 0 Å². The molecular weight excluding hydrogens is 316 g/mol. The van der Waals surface area contributed by atoms with Crippen molar-refractivity contribution in [3.63, 3.8) is 0 Å². The Labute approximate surface area is 147 Å². The first kappa shape index (κ1) is 18.3. The van der Waals surface area contributed by atoms with E-state index >= 15 is 0 Å². The summed E-state index contributed by atoms with van der Waals surface area (Å²) in [6.45, 7) is 2.11. The summed E-state index contributed by atoms with van der Waals surface area (Å²) in [6.07, 6.45) is 2.34. The lowest BCUT2D eigenvalue weighted by molar-refractivity contribution is -0.00212. The SMILES string of the molecule is CCCCC(Oc1ccc(C(=N)N)cc1)Oc1ccc(C(=N)N)cc1.